The van der Waals surface area contributed by atoms with E-state index in [1.54, 1.807) is 31.1 Å². The van der Waals surface area contributed by atoms with E-state index in [4.69, 9.17) is 5.41 Å². The van der Waals surface area contributed by atoms with E-state index in [0.717, 1.165) is 0 Å². The molecule has 1 aromatic heterocycles. The Morgan fingerprint density at radius 2 is 2.40 bits per heavy atom. The Bertz CT molecular complexity index is 418. The van der Waals surface area contributed by atoms with Crippen LogP contribution < -0.4 is 5.32 Å². The Labute approximate surface area is 87.6 Å². The number of aliphatic imine (C=N–C) groups is 1. The van der Waals surface area contributed by atoms with E-state index in [-0.39, 0.29) is 11.7 Å². The lowest BCUT2D eigenvalue weighted by molar-refractivity contribution is -0.117. The van der Waals surface area contributed by atoms with Gasteiger partial charge in [-0.1, -0.05) is 0 Å². The Morgan fingerprint density at radius 3 is 2.93 bits per heavy atom. The van der Waals surface area contributed by atoms with Crippen LogP contribution in [0.2, 0.25) is 0 Å². The topological polar surface area (TPSA) is 83.1 Å². The van der Waals surface area contributed by atoms with E-state index in [0.29, 0.717) is 11.5 Å². The van der Waals surface area contributed by atoms with Gasteiger partial charge in [0.05, 0.1) is 6.33 Å². The van der Waals surface area contributed by atoms with E-state index in [1.165, 1.54) is 6.92 Å². The van der Waals surface area contributed by atoms with E-state index in [1.807, 2.05) is 0 Å². The van der Waals surface area contributed by atoms with Gasteiger partial charge in [-0.15, -0.1) is 0 Å². The van der Waals surface area contributed by atoms with Crippen LogP contribution in [0.25, 0.3) is 0 Å². The summed E-state index contributed by atoms with van der Waals surface area (Å²) in [4.78, 5) is 18.9. The fourth-order valence-electron chi connectivity index (χ4n) is 1.11. The van der Waals surface area contributed by atoms with Crippen LogP contribution in [0.1, 0.15) is 19.5 Å². The molecule has 0 aliphatic carbocycles. The van der Waals surface area contributed by atoms with Crippen molar-refractivity contribution in [3.63, 3.8) is 0 Å². The van der Waals surface area contributed by atoms with Gasteiger partial charge in [-0.3, -0.25) is 10.2 Å². The van der Waals surface area contributed by atoms with Crippen LogP contribution >= 0.6 is 0 Å². The number of imidazole rings is 1. The van der Waals surface area contributed by atoms with Crippen LogP contribution in [0.4, 0.5) is 5.82 Å². The average molecular weight is 207 g/mol. The maximum atomic E-state index is 10.8. The maximum absolute atomic E-state index is 10.8. The molecule has 0 aromatic carbocycles. The molecule has 0 fully saturated rings. The molecule has 2 N–H and O–H groups in total. The van der Waals surface area contributed by atoms with Crippen molar-refractivity contribution < 1.29 is 4.79 Å². The second-order valence-corrected chi connectivity index (χ2v) is 2.97. The highest BCUT2D eigenvalue weighted by molar-refractivity contribution is 6.07. The van der Waals surface area contributed by atoms with E-state index >= 15 is 0 Å². The Hall–Kier alpha value is -1.98. The maximum Gasteiger partial charge on any atom is 0.222 e. The minimum absolute atomic E-state index is 0.0382. The summed E-state index contributed by atoms with van der Waals surface area (Å²) >= 11 is 0. The normalized spacial score (nSPS) is 10.6. The minimum atomic E-state index is -0.294. The molecule has 0 bridgehead atoms. The van der Waals surface area contributed by atoms with Crippen molar-refractivity contribution >= 4 is 23.8 Å². The zero-order valence-corrected chi connectivity index (χ0v) is 8.90. The predicted molar refractivity (Wildman–Crippen MR) is 57.7 cm³/mol. The van der Waals surface area contributed by atoms with Crippen molar-refractivity contribution in [2.24, 2.45) is 12.0 Å². The Balaban J connectivity index is 3.03. The molecule has 1 amide bonds. The molecule has 0 unspecified atom stereocenters. The van der Waals surface area contributed by atoms with Gasteiger partial charge in [-0.2, -0.15) is 0 Å². The first kappa shape index (κ1) is 11.1. The van der Waals surface area contributed by atoms with Crippen molar-refractivity contribution in [2.75, 3.05) is 0 Å². The number of nitrogens with one attached hydrogen (secondary N) is 2. The summed E-state index contributed by atoms with van der Waals surface area (Å²) in [7, 11) is 1.78. The van der Waals surface area contributed by atoms with Gasteiger partial charge in [0.2, 0.25) is 5.91 Å². The molecule has 1 rings (SSSR count). The van der Waals surface area contributed by atoms with Gasteiger partial charge in [0.25, 0.3) is 0 Å². The van der Waals surface area contributed by atoms with Crippen LogP contribution in [0.15, 0.2) is 11.3 Å². The van der Waals surface area contributed by atoms with Crippen LogP contribution in [-0.2, 0) is 11.8 Å². The number of hydrogen-bond donors (Lipinski definition) is 2. The Kier molecular flexibility index (Phi) is 3.33. The van der Waals surface area contributed by atoms with Crippen LogP contribution in [-0.4, -0.2) is 27.5 Å². The second-order valence-electron chi connectivity index (χ2n) is 2.97. The lowest BCUT2D eigenvalue weighted by Crippen LogP contribution is -2.28. The molecular weight excluding hydrogens is 194 g/mol. The molecule has 0 radical (unpaired) electrons. The Morgan fingerprint density at radius 1 is 1.73 bits per heavy atom. The molecule has 0 spiro atoms. The number of aromatic nitrogens is 2. The molecule has 15 heavy (non-hydrogen) atoms. The third-order valence-electron chi connectivity index (χ3n) is 1.70. The lowest BCUT2D eigenvalue weighted by atomic mass is 10.4. The smallest absolute Gasteiger partial charge is 0.222 e. The zero-order valence-electron chi connectivity index (χ0n) is 8.90. The van der Waals surface area contributed by atoms with Gasteiger partial charge in [0.15, 0.2) is 11.7 Å². The van der Waals surface area contributed by atoms with E-state index < -0.39 is 0 Å². The molecule has 0 saturated carbocycles. The molecule has 0 aliphatic rings. The second kappa shape index (κ2) is 4.50. The highest BCUT2D eigenvalue weighted by Crippen LogP contribution is 2.15. The SMILES string of the molecule is CC=Nc1c(C(=N)NC(C)=O)ncn1C. The third kappa shape index (κ3) is 2.49. The zero-order chi connectivity index (χ0) is 11.4. The summed E-state index contributed by atoms with van der Waals surface area (Å²) in [5.41, 5.74) is 0.366. The molecular formula is C9H13N5O. The summed E-state index contributed by atoms with van der Waals surface area (Å²) in [6.45, 7) is 3.12. The highest BCUT2D eigenvalue weighted by atomic mass is 16.1. The van der Waals surface area contributed by atoms with Gasteiger partial charge in [-0.25, -0.2) is 9.98 Å². The molecule has 6 nitrogen and oxygen atoms in total. The van der Waals surface area contributed by atoms with Crippen LogP contribution in [0.3, 0.4) is 0 Å². The number of rotatable bonds is 2. The van der Waals surface area contributed by atoms with Gasteiger partial charge in [-0.05, 0) is 6.92 Å². The predicted octanol–water partition coefficient (Wildman–Crippen LogP) is 0.604. The first-order valence-electron chi connectivity index (χ1n) is 4.42. The number of aryl methyl sites for hydroxylation is 1. The number of amides is 1. The van der Waals surface area contributed by atoms with Crippen molar-refractivity contribution in [2.45, 2.75) is 13.8 Å². The fourth-order valence-corrected chi connectivity index (χ4v) is 1.11. The van der Waals surface area contributed by atoms with Crippen molar-refractivity contribution in [3.05, 3.63) is 12.0 Å². The largest absolute Gasteiger partial charge is 0.318 e. The number of hydrogen-bond acceptors (Lipinski definition) is 4. The van der Waals surface area contributed by atoms with Gasteiger partial charge in [0.1, 0.15) is 5.69 Å². The first-order chi connectivity index (χ1) is 7.06. The number of nitrogens with zero attached hydrogens (tertiary/aromatic N) is 3. The first-order valence-corrected chi connectivity index (χ1v) is 4.42. The summed E-state index contributed by atoms with van der Waals surface area (Å²) in [5.74, 6) is 0.219. The molecule has 0 saturated heterocycles. The molecule has 6 heteroatoms. The molecule has 0 aliphatic heterocycles. The number of amidine groups is 1. The lowest BCUT2D eigenvalue weighted by Gasteiger charge is -2.02. The van der Waals surface area contributed by atoms with Gasteiger partial charge < -0.3 is 9.88 Å². The third-order valence-corrected chi connectivity index (χ3v) is 1.70. The van der Waals surface area contributed by atoms with Gasteiger partial charge >= 0.3 is 0 Å². The highest BCUT2D eigenvalue weighted by Gasteiger charge is 2.13. The van der Waals surface area contributed by atoms with Crippen molar-refractivity contribution in [1.82, 2.24) is 14.9 Å². The molecule has 80 valence electrons. The van der Waals surface area contributed by atoms with Crippen molar-refractivity contribution in [3.8, 4) is 0 Å². The van der Waals surface area contributed by atoms with E-state index in [2.05, 4.69) is 15.3 Å². The fraction of sp³-hybridized carbons (Fsp3) is 0.333. The monoisotopic (exact) mass is 207 g/mol. The number of carbonyl (C=O) groups is 1. The number of carbonyl (C=O) groups excluding carboxylic acids is 1. The summed E-state index contributed by atoms with van der Waals surface area (Å²) in [6, 6.07) is 0. The summed E-state index contributed by atoms with van der Waals surface area (Å²) in [6.07, 6.45) is 3.16. The minimum Gasteiger partial charge on any atom is -0.318 e. The molecule has 0 atom stereocenters. The standard InChI is InChI=1S/C9H13N5O/c1-4-11-9-7(12-5-14(9)3)8(10)13-6(2)15/h4-5H,1-3H3,(H2,10,13,15). The molecule has 1 aromatic rings. The van der Waals surface area contributed by atoms with Crippen molar-refractivity contribution in [1.29, 1.82) is 5.41 Å². The van der Waals surface area contributed by atoms with Crippen LogP contribution in [0.5, 0.6) is 0 Å². The summed E-state index contributed by atoms with van der Waals surface area (Å²) in [5, 5.41) is 9.98. The van der Waals surface area contributed by atoms with E-state index in [9.17, 15) is 4.79 Å². The van der Waals surface area contributed by atoms with Crippen LogP contribution in [0, 0.1) is 5.41 Å². The summed E-state index contributed by atoms with van der Waals surface area (Å²) < 4.78 is 1.69. The van der Waals surface area contributed by atoms with Gasteiger partial charge in [0, 0.05) is 20.2 Å². The quantitative estimate of drug-likeness (QED) is 0.550. The molecule has 1 heterocycles. The average Bonchev–Trinajstić information content (AvgIpc) is 2.48.